The van der Waals surface area contributed by atoms with Crippen LogP contribution in [0.1, 0.15) is 70.8 Å². The Balaban J connectivity index is 1.40. The fraction of sp³-hybridized carbons (Fsp3) is 0.400. The second kappa shape index (κ2) is 7.43. The first-order chi connectivity index (χ1) is 14.8. The molecule has 5 rings (SSSR count). The van der Waals surface area contributed by atoms with Crippen LogP contribution >= 0.6 is 0 Å². The third-order valence-electron chi connectivity index (χ3n) is 6.76. The number of halogens is 3. The summed E-state index contributed by atoms with van der Waals surface area (Å²) in [5.41, 5.74) is 3.34. The number of fused-ring (bicyclic) bond motifs is 3. The summed E-state index contributed by atoms with van der Waals surface area (Å²) in [5.74, 6) is 0.682. The van der Waals surface area contributed by atoms with Crippen LogP contribution in [0.15, 0.2) is 36.4 Å². The highest BCUT2D eigenvalue weighted by atomic mass is 19.4. The zero-order valence-electron chi connectivity index (χ0n) is 17.4. The summed E-state index contributed by atoms with van der Waals surface area (Å²) in [6.07, 6.45) is 0.522. The third-order valence-corrected chi connectivity index (χ3v) is 6.76. The van der Waals surface area contributed by atoms with Crippen LogP contribution in [-0.4, -0.2) is 10.5 Å². The molecule has 1 aliphatic carbocycles. The number of nitrogens with zero attached hydrogens (tertiary/aromatic N) is 1. The lowest BCUT2D eigenvalue weighted by Crippen LogP contribution is -2.12. The lowest BCUT2D eigenvalue weighted by molar-refractivity contribution is -0.138. The first-order valence-corrected chi connectivity index (χ1v) is 10.8. The molecule has 1 aliphatic heterocycles. The van der Waals surface area contributed by atoms with Crippen LogP contribution in [0.4, 0.5) is 13.2 Å². The van der Waals surface area contributed by atoms with Crippen molar-refractivity contribution in [1.82, 2.24) is 4.57 Å². The molecule has 3 nitrogen and oxygen atoms in total. The van der Waals surface area contributed by atoms with E-state index in [0.717, 1.165) is 54.3 Å². The Bertz CT molecular complexity index is 1170. The van der Waals surface area contributed by atoms with Crippen LogP contribution < -0.4 is 4.74 Å². The highest BCUT2D eigenvalue weighted by molar-refractivity contribution is 5.98. The molecule has 2 heterocycles. The number of rotatable bonds is 4. The van der Waals surface area contributed by atoms with E-state index in [1.54, 1.807) is 22.8 Å². The van der Waals surface area contributed by atoms with Gasteiger partial charge in [-0.25, -0.2) is 0 Å². The molecule has 0 N–H and O–H groups in total. The Morgan fingerprint density at radius 2 is 1.84 bits per heavy atom. The van der Waals surface area contributed by atoms with E-state index in [9.17, 15) is 18.0 Å². The van der Waals surface area contributed by atoms with E-state index in [-0.39, 0.29) is 18.4 Å². The molecule has 1 saturated carbocycles. The van der Waals surface area contributed by atoms with E-state index in [0.29, 0.717) is 23.3 Å². The van der Waals surface area contributed by atoms with Crippen molar-refractivity contribution < 1.29 is 22.7 Å². The number of carbonyl (C=O) groups excluding carboxylic acids is 1. The molecule has 31 heavy (non-hydrogen) atoms. The van der Waals surface area contributed by atoms with Crippen LogP contribution in [0, 0.1) is 6.92 Å². The highest BCUT2D eigenvalue weighted by Gasteiger charge is 2.36. The topological polar surface area (TPSA) is 31.2 Å². The van der Waals surface area contributed by atoms with Gasteiger partial charge >= 0.3 is 6.18 Å². The van der Waals surface area contributed by atoms with Gasteiger partial charge in [0.2, 0.25) is 5.91 Å². The van der Waals surface area contributed by atoms with E-state index >= 15 is 0 Å². The van der Waals surface area contributed by atoms with Crippen LogP contribution in [0.25, 0.3) is 10.9 Å². The molecule has 3 aromatic rings. The van der Waals surface area contributed by atoms with E-state index in [4.69, 9.17) is 4.74 Å². The molecular weight excluding hydrogens is 403 g/mol. The van der Waals surface area contributed by atoms with E-state index in [1.165, 1.54) is 6.07 Å². The molecule has 2 aromatic carbocycles. The number of carbonyl (C=O) groups is 1. The smallest absolute Gasteiger partial charge is 0.416 e. The van der Waals surface area contributed by atoms with Gasteiger partial charge in [0.05, 0.1) is 11.1 Å². The number of hydrogen-bond acceptors (Lipinski definition) is 2. The van der Waals surface area contributed by atoms with Crippen molar-refractivity contribution in [3.8, 4) is 5.75 Å². The normalized spacial score (nSPS) is 17.0. The highest BCUT2D eigenvalue weighted by Crippen LogP contribution is 2.42. The van der Waals surface area contributed by atoms with Crippen molar-refractivity contribution in [3.63, 3.8) is 0 Å². The van der Waals surface area contributed by atoms with Crippen LogP contribution in [0.3, 0.4) is 0 Å². The Labute approximate surface area is 178 Å². The predicted octanol–water partition coefficient (Wildman–Crippen LogP) is 6.79. The van der Waals surface area contributed by atoms with E-state index in [2.05, 4.69) is 0 Å². The Morgan fingerprint density at radius 1 is 1.06 bits per heavy atom. The molecule has 0 saturated heterocycles. The average Bonchev–Trinajstić information content (AvgIpc) is 3.46. The summed E-state index contributed by atoms with van der Waals surface area (Å²) in [5, 5.41) is 0.952. The summed E-state index contributed by atoms with van der Waals surface area (Å²) < 4.78 is 48.7. The maximum atomic E-state index is 13.7. The monoisotopic (exact) mass is 427 g/mol. The number of aryl methyl sites for hydroxylation is 1. The molecule has 162 valence electrons. The van der Waals surface area contributed by atoms with Gasteiger partial charge in [-0.3, -0.25) is 9.36 Å². The molecule has 1 aromatic heterocycles. The Kier molecular flexibility index (Phi) is 4.83. The molecule has 1 fully saturated rings. The quantitative estimate of drug-likeness (QED) is 0.459. The van der Waals surface area contributed by atoms with Gasteiger partial charge in [0.25, 0.3) is 0 Å². The van der Waals surface area contributed by atoms with Crippen molar-refractivity contribution in [1.29, 1.82) is 0 Å². The van der Waals surface area contributed by atoms with Crippen LogP contribution in [0.2, 0.25) is 0 Å². The van der Waals surface area contributed by atoms with Crippen molar-refractivity contribution >= 4 is 16.8 Å². The fourth-order valence-electron chi connectivity index (χ4n) is 5.19. The van der Waals surface area contributed by atoms with Gasteiger partial charge in [-0.2, -0.15) is 13.2 Å². The number of hydrogen-bond donors (Lipinski definition) is 0. The molecule has 0 unspecified atom stereocenters. The van der Waals surface area contributed by atoms with E-state index < -0.39 is 11.7 Å². The Morgan fingerprint density at radius 3 is 2.58 bits per heavy atom. The van der Waals surface area contributed by atoms with E-state index in [1.807, 2.05) is 19.1 Å². The molecule has 0 spiro atoms. The summed E-state index contributed by atoms with van der Waals surface area (Å²) in [4.78, 5) is 12.2. The molecule has 2 aliphatic rings. The van der Waals surface area contributed by atoms with Crippen molar-refractivity contribution in [3.05, 3.63) is 64.3 Å². The van der Waals surface area contributed by atoms with Gasteiger partial charge in [-0.05, 0) is 73.1 Å². The second-order valence-electron chi connectivity index (χ2n) is 8.67. The van der Waals surface area contributed by atoms with Gasteiger partial charge in [-0.1, -0.05) is 25.0 Å². The van der Waals surface area contributed by atoms with Gasteiger partial charge in [0.15, 0.2) is 0 Å². The zero-order valence-corrected chi connectivity index (χ0v) is 17.4. The number of benzene rings is 2. The molecule has 0 radical (unpaired) electrons. The first kappa shape index (κ1) is 20.2. The third kappa shape index (κ3) is 3.52. The zero-order chi connectivity index (χ0) is 21.8. The standard InChI is InChI=1S/C25H24F3NO2/c1-15-20-13-18(7-9-23(20)29-22(15)10-11-24(29)30)31-14-16-6-8-19(17-4-2-3-5-17)21(12-16)25(26,27)28/h6-9,12-13,17H,2-5,10-11,14H2,1H3. The molecule has 0 atom stereocenters. The van der Waals surface area contributed by atoms with Gasteiger partial charge < -0.3 is 4.74 Å². The summed E-state index contributed by atoms with van der Waals surface area (Å²) in [7, 11) is 0. The molecule has 6 heteroatoms. The van der Waals surface area contributed by atoms with Crippen LogP contribution in [-0.2, 0) is 19.2 Å². The predicted molar refractivity (Wildman–Crippen MR) is 113 cm³/mol. The van der Waals surface area contributed by atoms with Crippen molar-refractivity contribution in [2.24, 2.45) is 0 Å². The minimum Gasteiger partial charge on any atom is -0.489 e. The molecular formula is C25H24F3NO2. The molecule has 0 bridgehead atoms. The lowest BCUT2D eigenvalue weighted by atomic mass is 9.91. The second-order valence-corrected chi connectivity index (χ2v) is 8.67. The van der Waals surface area contributed by atoms with Crippen LogP contribution in [0.5, 0.6) is 5.75 Å². The van der Waals surface area contributed by atoms with Gasteiger partial charge in [0.1, 0.15) is 12.4 Å². The maximum Gasteiger partial charge on any atom is 0.416 e. The summed E-state index contributed by atoms with van der Waals surface area (Å²) >= 11 is 0. The van der Waals surface area contributed by atoms with Crippen molar-refractivity contribution in [2.45, 2.75) is 64.1 Å². The number of aromatic nitrogens is 1. The van der Waals surface area contributed by atoms with Gasteiger partial charge in [0, 0.05) is 17.5 Å². The molecule has 0 amide bonds. The largest absolute Gasteiger partial charge is 0.489 e. The summed E-state index contributed by atoms with van der Waals surface area (Å²) in [6.45, 7) is 2.05. The minimum absolute atomic E-state index is 0.00326. The fourth-order valence-corrected chi connectivity index (χ4v) is 5.19. The van der Waals surface area contributed by atoms with Crippen molar-refractivity contribution in [2.75, 3.05) is 0 Å². The van der Waals surface area contributed by atoms with Gasteiger partial charge in [-0.15, -0.1) is 0 Å². The lowest BCUT2D eigenvalue weighted by Gasteiger charge is -2.19. The minimum atomic E-state index is -4.37. The Hall–Kier alpha value is -2.76. The average molecular weight is 427 g/mol. The first-order valence-electron chi connectivity index (χ1n) is 10.8. The number of ether oxygens (including phenoxy) is 1. The SMILES string of the molecule is Cc1c2n(c3ccc(OCc4ccc(C5CCCC5)c(C(F)(F)F)c4)cc13)C(=O)CC2. The number of alkyl halides is 3. The summed E-state index contributed by atoms with van der Waals surface area (Å²) in [6, 6.07) is 10.1. The maximum absolute atomic E-state index is 13.7.